The van der Waals surface area contributed by atoms with Crippen LogP contribution < -0.4 is 20.1 Å². The monoisotopic (exact) mass is 363 g/mol. The Hall–Kier alpha value is -3.68. The molecule has 0 bridgehead atoms. The van der Waals surface area contributed by atoms with Crippen LogP contribution >= 0.6 is 0 Å². The van der Waals surface area contributed by atoms with E-state index in [0.717, 1.165) is 22.6 Å². The van der Waals surface area contributed by atoms with E-state index in [-0.39, 0.29) is 12.7 Å². The van der Waals surface area contributed by atoms with Gasteiger partial charge in [0.2, 0.25) is 12.7 Å². The zero-order valence-corrected chi connectivity index (χ0v) is 14.4. The summed E-state index contributed by atoms with van der Waals surface area (Å²) in [6.07, 6.45) is 4.92. The van der Waals surface area contributed by atoms with Crippen LogP contribution in [0, 0.1) is 0 Å². The van der Waals surface area contributed by atoms with Gasteiger partial charge in [0.15, 0.2) is 11.5 Å². The molecule has 0 fully saturated rings. The smallest absolute Gasteiger partial charge is 0.270 e. The summed E-state index contributed by atoms with van der Waals surface area (Å²) in [5.74, 6) is 1.58. The summed E-state index contributed by atoms with van der Waals surface area (Å²) < 4.78 is 10.7. The molecule has 2 aromatic heterocycles. The molecule has 1 aliphatic rings. The second-order valence-electron chi connectivity index (χ2n) is 5.84. The SMILES string of the molecule is O=C(NCc1ccncc1)c1ccnc(NCc2ccc3c(c2)OCO3)n1. The third-order valence-electron chi connectivity index (χ3n) is 3.98. The standard InChI is InChI=1S/C19H17N5O3/c25-18(22-10-13-3-6-20-7-4-13)15-5-8-21-19(24-15)23-11-14-1-2-16-17(9-14)27-12-26-16/h1-9H,10-12H2,(H,22,25)(H,21,23,24). The largest absolute Gasteiger partial charge is 0.454 e. The van der Waals surface area contributed by atoms with Crippen LogP contribution in [-0.4, -0.2) is 27.7 Å². The predicted molar refractivity (Wildman–Crippen MR) is 97.3 cm³/mol. The van der Waals surface area contributed by atoms with E-state index in [0.29, 0.717) is 24.7 Å². The summed E-state index contributed by atoms with van der Waals surface area (Å²) >= 11 is 0. The summed E-state index contributed by atoms with van der Waals surface area (Å²) in [4.78, 5) is 24.7. The van der Waals surface area contributed by atoms with Crippen LogP contribution in [0.25, 0.3) is 0 Å². The Bertz CT molecular complexity index is 949. The van der Waals surface area contributed by atoms with Crippen LogP contribution in [0.2, 0.25) is 0 Å². The summed E-state index contributed by atoms with van der Waals surface area (Å²) in [5, 5.41) is 5.94. The fourth-order valence-electron chi connectivity index (χ4n) is 2.58. The van der Waals surface area contributed by atoms with Gasteiger partial charge in [-0.25, -0.2) is 9.97 Å². The Labute approximate surface area is 155 Å². The van der Waals surface area contributed by atoms with Gasteiger partial charge in [-0.1, -0.05) is 6.07 Å². The highest BCUT2D eigenvalue weighted by Gasteiger charge is 2.13. The summed E-state index contributed by atoms with van der Waals surface area (Å²) in [6, 6.07) is 11.0. The van der Waals surface area contributed by atoms with Crippen molar-refractivity contribution in [1.82, 2.24) is 20.3 Å². The first-order valence-corrected chi connectivity index (χ1v) is 8.40. The molecule has 8 nitrogen and oxygen atoms in total. The Morgan fingerprint density at radius 1 is 0.963 bits per heavy atom. The quantitative estimate of drug-likeness (QED) is 0.692. The van der Waals surface area contributed by atoms with Crippen molar-refractivity contribution in [3.63, 3.8) is 0 Å². The molecule has 8 heteroatoms. The first-order valence-electron chi connectivity index (χ1n) is 8.40. The fourth-order valence-corrected chi connectivity index (χ4v) is 2.58. The number of rotatable bonds is 6. The predicted octanol–water partition coefficient (Wildman–Crippen LogP) is 2.14. The molecule has 3 aromatic rings. The van der Waals surface area contributed by atoms with Crippen LogP contribution in [0.15, 0.2) is 55.0 Å². The van der Waals surface area contributed by atoms with Crippen molar-refractivity contribution in [2.45, 2.75) is 13.1 Å². The number of benzene rings is 1. The minimum absolute atomic E-state index is 0.242. The fraction of sp³-hybridized carbons (Fsp3) is 0.158. The lowest BCUT2D eigenvalue weighted by Crippen LogP contribution is -2.24. The highest BCUT2D eigenvalue weighted by atomic mass is 16.7. The van der Waals surface area contributed by atoms with Crippen molar-refractivity contribution in [2.75, 3.05) is 12.1 Å². The molecule has 0 aliphatic carbocycles. The normalized spacial score (nSPS) is 11.9. The lowest BCUT2D eigenvalue weighted by Gasteiger charge is -2.08. The van der Waals surface area contributed by atoms with Gasteiger partial charge in [0.05, 0.1) is 0 Å². The Kier molecular flexibility index (Phi) is 4.78. The second-order valence-corrected chi connectivity index (χ2v) is 5.84. The molecule has 2 N–H and O–H groups in total. The van der Waals surface area contributed by atoms with E-state index in [9.17, 15) is 4.79 Å². The number of fused-ring (bicyclic) bond motifs is 1. The van der Waals surface area contributed by atoms with Gasteiger partial charge in [0.1, 0.15) is 5.69 Å². The van der Waals surface area contributed by atoms with Crippen LogP contribution in [0.3, 0.4) is 0 Å². The number of anilines is 1. The van der Waals surface area contributed by atoms with Gasteiger partial charge in [0.25, 0.3) is 5.91 Å². The highest BCUT2D eigenvalue weighted by molar-refractivity contribution is 5.92. The molecule has 136 valence electrons. The zero-order chi connectivity index (χ0) is 18.5. The van der Waals surface area contributed by atoms with Gasteiger partial charge in [-0.3, -0.25) is 9.78 Å². The van der Waals surface area contributed by atoms with Crippen molar-refractivity contribution in [3.8, 4) is 11.5 Å². The Morgan fingerprint density at radius 3 is 2.70 bits per heavy atom. The Balaban J connectivity index is 1.36. The number of hydrogen-bond acceptors (Lipinski definition) is 7. The van der Waals surface area contributed by atoms with Crippen molar-refractivity contribution >= 4 is 11.9 Å². The van der Waals surface area contributed by atoms with Crippen molar-refractivity contribution in [1.29, 1.82) is 0 Å². The first kappa shape index (κ1) is 16.8. The van der Waals surface area contributed by atoms with E-state index < -0.39 is 0 Å². The number of nitrogens with zero attached hydrogens (tertiary/aromatic N) is 3. The third kappa shape index (κ3) is 4.12. The van der Waals surface area contributed by atoms with Crippen LogP contribution in [-0.2, 0) is 13.1 Å². The molecule has 1 aliphatic heterocycles. The van der Waals surface area contributed by atoms with Crippen LogP contribution in [0.5, 0.6) is 11.5 Å². The molecule has 3 heterocycles. The van der Waals surface area contributed by atoms with E-state index in [1.54, 1.807) is 24.7 Å². The summed E-state index contributed by atoms with van der Waals surface area (Å²) in [7, 11) is 0. The minimum atomic E-state index is -0.264. The van der Waals surface area contributed by atoms with Gasteiger partial charge in [0, 0.05) is 31.7 Å². The maximum absolute atomic E-state index is 12.3. The van der Waals surface area contributed by atoms with Crippen LogP contribution in [0.1, 0.15) is 21.6 Å². The molecule has 0 unspecified atom stereocenters. The third-order valence-corrected chi connectivity index (χ3v) is 3.98. The number of hydrogen-bond donors (Lipinski definition) is 2. The molecule has 1 amide bonds. The molecular weight excluding hydrogens is 346 g/mol. The van der Waals surface area contributed by atoms with Crippen LogP contribution in [0.4, 0.5) is 5.95 Å². The minimum Gasteiger partial charge on any atom is -0.454 e. The van der Waals surface area contributed by atoms with Gasteiger partial charge < -0.3 is 20.1 Å². The molecule has 27 heavy (non-hydrogen) atoms. The maximum atomic E-state index is 12.3. The van der Waals surface area contributed by atoms with Gasteiger partial charge >= 0.3 is 0 Å². The van der Waals surface area contributed by atoms with E-state index >= 15 is 0 Å². The lowest BCUT2D eigenvalue weighted by molar-refractivity contribution is 0.0946. The van der Waals surface area contributed by atoms with E-state index in [1.165, 1.54) is 0 Å². The average molecular weight is 363 g/mol. The topological polar surface area (TPSA) is 98.3 Å². The second kappa shape index (κ2) is 7.69. The molecule has 1 aromatic carbocycles. The summed E-state index contributed by atoms with van der Waals surface area (Å²) in [6.45, 7) is 1.15. The average Bonchev–Trinajstić information content (AvgIpc) is 3.19. The van der Waals surface area contributed by atoms with Crippen molar-refractivity contribution < 1.29 is 14.3 Å². The molecule has 4 rings (SSSR count). The molecule has 0 saturated carbocycles. The Morgan fingerprint density at radius 2 is 1.81 bits per heavy atom. The van der Waals surface area contributed by atoms with Crippen molar-refractivity contribution in [2.24, 2.45) is 0 Å². The van der Waals surface area contributed by atoms with Gasteiger partial charge in [-0.05, 0) is 41.5 Å². The van der Waals surface area contributed by atoms with Crippen molar-refractivity contribution in [3.05, 3.63) is 71.8 Å². The van der Waals surface area contributed by atoms with E-state index in [4.69, 9.17) is 9.47 Å². The zero-order valence-electron chi connectivity index (χ0n) is 14.4. The number of carbonyl (C=O) groups is 1. The van der Waals surface area contributed by atoms with E-state index in [2.05, 4.69) is 25.6 Å². The van der Waals surface area contributed by atoms with E-state index in [1.807, 2.05) is 30.3 Å². The number of pyridine rings is 1. The molecular formula is C19H17N5O3. The molecule has 0 saturated heterocycles. The molecule has 0 atom stereocenters. The van der Waals surface area contributed by atoms with Gasteiger partial charge in [-0.15, -0.1) is 0 Å². The lowest BCUT2D eigenvalue weighted by atomic mass is 10.2. The number of ether oxygens (including phenoxy) is 2. The number of nitrogens with one attached hydrogen (secondary N) is 2. The number of aromatic nitrogens is 3. The molecule has 0 spiro atoms. The number of amides is 1. The maximum Gasteiger partial charge on any atom is 0.270 e. The number of carbonyl (C=O) groups excluding carboxylic acids is 1. The summed E-state index contributed by atoms with van der Waals surface area (Å²) in [5.41, 5.74) is 2.26. The highest BCUT2D eigenvalue weighted by Crippen LogP contribution is 2.32. The first-order chi connectivity index (χ1) is 13.3. The van der Waals surface area contributed by atoms with Gasteiger partial charge in [-0.2, -0.15) is 0 Å². The molecule has 0 radical (unpaired) electrons.